The molecule has 1 aliphatic rings. The molecule has 1 fully saturated rings. The second-order valence-electron chi connectivity index (χ2n) is 7.35. The van der Waals surface area contributed by atoms with Gasteiger partial charge in [0.25, 0.3) is 0 Å². The summed E-state index contributed by atoms with van der Waals surface area (Å²) in [6, 6.07) is 1.28. The molecule has 0 radical (unpaired) electrons. The van der Waals surface area contributed by atoms with Crippen LogP contribution in [0.1, 0.15) is 55.4 Å². The molecule has 0 bridgehead atoms. The minimum Gasteiger partial charge on any atom is -0.295 e. The van der Waals surface area contributed by atoms with Crippen molar-refractivity contribution in [3.8, 4) is 0 Å². The Balaban J connectivity index is 2.80. The Kier molecular flexibility index (Phi) is 3.76. The summed E-state index contributed by atoms with van der Waals surface area (Å²) in [6.45, 7) is 21.0. The van der Waals surface area contributed by atoms with Crippen LogP contribution in [0.15, 0.2) is 0 Å². The normalized spacial score (nSPS) is 30.8. The van der Waals surface area contributed by atoms with Crippen molar-refractivity contribution in [3.63, 3.8) is 0 Å². The van der Waals surface area contributed by atoms with Crippen LogP contribution in [-0.2, 0) is 0 Å². The summed E-state index contributed by atoms with van der Waals surface area (Å²) in [5.74, 6) is 0. The Morgan fingerprint density at radius 1 is 0.750 bits per heavy atom. The minimum atomic E-state index is 0.281. The summed E-state index contributed by atoms with van der Waals surface area (Å²) in [7, 11) is 0. The van der Waals surface area contributed by atoms with Crippen molar-refractivity contribution in [1.82, 2.24) is 9.80 Å². The molecule has 0 aromatic rings. The fourth-order valence-corrected chi connectivity index (χ4v) is 3.19. The van der Waals surface area contributed by atoms with Gasteiger partial charge in [0.1, 0.15) is 0 Å². The van der Waals surface area contributed by atoms with Crippen molar-refractivity contribution in [2.24, 2.45) is 0 Å². The van der Waals surface area contributed by atoms with E-state index in [0.717, 1.165) is 0 Å². The van der Waals surface area contributed by atoms with E-state index in [-0.39, 0.29) is 5.54 Å². The predicted octanol–water partition coefficient (Wildman–Crippen LogP) is 2.98. The maximum Gasteiger partial charge on any atom is 0.0203 e. The Labute approximate surface area is 102 Å². The van der Waals surface area contributed by atoms with Crippen LogP contribution in [0.4, 0.5) is 0 Å². The number of rotatable bonds is 0. The lowest BCUT2D eigenvalue weighted by atomic mass is 9.94. The molecule has 0 N–H and O–H groups in total. The molecule has 0 aromatic heterocycles. The van der Waals surface area contributed by atoms with E-state index in [4.69, 9.17) is 0 Å². The Hall–Kier alpha value is -0.0800. The fourth-order valence-electron chi connectivity index (χ4n) is 3.19. The van der Waals surface area contributed by atoms with E-state index in [0.29, 0.717) is 17.6 Å². The van der Waals surface area contributed by atoms with Crippen molar-refractivity contribution in [2.75, 3.05) is 13.1 Å². The summed E-state index contributed by atoms with van der Waals surface area (Å²) >= 11 is 0. The first-order valence-corrected chi connectivity index (χ1v) is 6.57. The first-order valence-electron chi connectivity index (χ1n) is 6.57. The SMILES string of the molecule is C[C@H]1CN(C(C)(C)C)C[C@H](C)N1C(C)(C)C. The van der Waals surface area contributed by atoms with Crippen LogP contribution < -0.4 is 0 Å². The van der Waals surface area contributed by atoms with E-state index >= 15 is 0 Å². The summed E-state index contributed by atoms with van der Waals surface area (Å²) in [4.78, 5) is 5.28. The predicted molar refractivity (Wildman–Crippen MR) is 71.8 cm³/mol. The smallest absolute Gasteiger partial charge is 0.0203 e. The van der Waals surface area contributed by atoms with Crippen molar-refractivity contribution < 1.29 is 0 Å². The lowest BCUT2D eigenvalue weighted by Gasteiger charge is -2.53. The third kappa shape index (κ3) is 2.98. The monoisotopic (exact) mass is 226 g/mol. The molecule has 0 aromatic carbocycles. The van der Waals surface area contributed by atoms with Gasteiger partial charge in [-0.05, 0) is 55.4 Å². The van der Waals surface area contributed by atoms with Crippen LogP contribution in [0.2, 0.25) is 0 Å². The van der Waals surface area contributed by atoms with Gasteiger partial charge in [-0.2, -0.15) is 0 Å². The summed E-state index contributed by atoms with van der Waals surface area (Å²) in [5.41, 5.74) is 0.579. The van der Waals surface area contributed by atoms with Gasteiger partial charge < -0.3 is 0 Å². The average molecular weight is 226 g/mol. The van der Waals surface area contributed by atoms with Crippen LogP contribution >= 0.6 is 0 Å². The molecule has 0 aliphatic carbocycles. The Morgan fingerprint density at radius 3 is 1.38 bits per heavy atom. The lowest BCUT2D eigenvalue weighted by Crippen LogP contribution is -2.65. The van der Waals surface area contributed by atoms with Crippen molar-refractivity contribution >= 4 is 0 Å². The zero-order chi connectivity index (χ0) is 12.7. The van der Waals surface area contributed by atoms with Crippen LogP contribution in [0.5, 0.6) is 0 Å². The summed E-state index contributed by atoms with van der Waals surface area (Å²) in [6.07, 6.45) is 0. The van der Waals surface area contributed by atoms with Gasteiger partial charge in [0.2, 0.25) is 0 Å². The zero-order valence-electron chi connectivity index (χ0n) is 12.5. The quantitative estimate of drug-likeness (QED) is 0.626. The second-order valence-corrected chi connectivity index (χ2v) is 7.35. The second kappa shape index (κ2) is 4.30. The molecule has 16 heavy (non-hydrogen) atoms. The van der Waals surface area contributed by atoms with Crippen molar-refractivity contribution in [1.29, 1.82) is 0 Å². The first kappa shape index (κ1) is 14.0. The molecule has 1 aliphatic heterocycles. The van der Waals surface area contributed by atoms with Gasteiger partial charge >= 0.3 is 0 Å². The van der Waals surface area contributed by atoms with Crippen LogP contribution in [0.3, 0.4) is 0 Å². The van der Waals surface area contributed by atoms with Gasteiger partial charge in [-0.15, -0.1) is 0 Å². The number of hydrogen-bond acceptors (Lipinski definition) is 2. The van der Waals surface area contributed by atoms with E-state index in [1.54, 1.807) is 0 Å². The molecule has 1 heterocycles. The summed E-state index contributed by atoms with van der Waals surface area (Å²) in [5, 5.41) is 0. The molecular formula is C14H30N2. The molecule has 0 saturated carbocycles. The number of piperazine rings is 1. The maximum absolute atomic E-state index is 2.66. The van der Waals surface area contributed by atoms with Crippen molar-refractivity contribution in [2.45, 2.75) is 78.6 Å². The first-order chi connectivity index (χ1) is 7.03. The average Bonchev–Trinajstić information content (AvgIpc) is 1.97. The van der Waals surface area contributed by atoms with E-state index in [9.17, 15) is 0 Å². The third-order valence-corrected chi connectivity index (χ3v) is 3.64. The van der Waals surface area contributed by atoms with Crippen LogP contribution in [-0.4, -0.2) is 46.1 Å². The molecule has 2 nitrogen and oxygen atoms in total. The standard InChI is InChI=1S/C14H30N2/c1-11-9-15(13(3,4)5)10-12(2)16(11)14(6,7)8/h11-12H,9-10H2,1-8H3/t11-,12-/m0/s1. The van der Waals surface area contributed by atoms with Crippen molar-refractivity contribution in [3.05, 3.63) is 0 Å². The molecule has 96 valence electrons. The highest BCUT2D eigenvalue weighted by Gasteiger charge is 2.38. The van der Waals surface area contributed by atoms with Gasteiger partial charge in [-0.1, -0.05) is 0 Å². The van der Waals surface area contributed by atoms with Crippen LogP contribution in [0.25, 0.3) is 0 Å². The highest BCUT2D eigenvalue weighted by atomic mass is 15.3. The maximum atomic E-state index is 2.66. The number of hydrogen-bond donors (Lipinski definition) is 0. The topological polar surface area (TPSA) is 6.48 Å². The molecule has 1 rings (SSSR count). The molecule has 0 unspecified atom stereocenters. The Morgan fingerprint density at radius 2 is 1.12 bits per heavy atom. The van der Waals surface area contributed by atoms with Crippen LogP contribution in [0, 0.1) is 0 Å². The van der Waals surface area contributed by atoms with E-state index in [1.807, 2.05) is 0 Å². The molecular weight excluding hydrogens is 196 g/mol. The van der Waals surface area contributed by atoms with E-state index in [2.05, 4.69) is 65.2 Å². The zero-order valence-corrected chi connectivity index (χ0v) is 12.5. The highest BCUT2D eigenvalue weighted by molar-refractivity contribution is 4.95. The van der Waals surface area contributed by atoms with Gasteiger partial charge in [0, 0.05) is 36.3 Å². The molecule has 2 atom stereocenters. The summed E-state index contributed by atoms with van der Waals surface area (Å²) < 4.78 is 0. The van der Waals surface area contributed by atoms with Gasteiger partial charge in [0.05, 0.1) is 0 Å². The molecule has 0 amide bonds. The van der Waals surface area contributed by atoms with Gasteiger partial charge in [-0.3, -0.25) is 9.80 Å². The molecule has 2 heteroatoms. The number of nitrogens with zero attached hydrogens (tertiary/aromatic N) is 2. The van der Waals surface area contributed by atoms with E-state index < -0.39 is 0 Å². The molecule has 0 spiro atoms. The molecule has 1 saturated heterocycles. The highest BCUT2D eigenvalue weighted by Crippen LogP contribution is 2.28. The third-order valence-electron chi connectivity index (χ3n) is 3.64. The fraction of sp³-hybridized carbons (Fsp3) is 1.00. The van der Waals surface area contributed by atoms with Gasteiger partial charge in [-0.25, -0.2) is 0 Å². The Bertz CT molecular complexity index is 222. The van der Waals surface area contributed by atoms with E-state index in [1.165, 1.54) is 13.1 Å². The van der Waals surface area contributed by atoms with Gasteiger partial charge in [0.15, 0.2) is 0 Å². The largest absolute Gasteiger partial charge is 0.295 e. The minimum absolute atomic E-state index is 0.281. The lowest BCUT2D eigenvalue weighted by molar-refractivity contribution is -0.0500.